The van der Waals surface area contributed by atoms with Gasteiger partial charge in [-0.25, -0.2) is 0 Å². The molecule has 2 aromatic rings. The van der Waals surface area contributed by atoms with Gasteiger partial charge in [0.1, 0.15) is 6.07 Å². The molecule has 0 heterocycles. The molecule has 2 aromatic carbocycles. The van der Waals surface area contributed by atoms with E-state index >= 15 is 0 Å². The monoisotopic (exact) mass is 349 g/mol. The quantitative estimate of drug-likeness (QED) is 0.601. The lowest BCUT2D eigenvalue weighted by atomic mass is 10.1. The molecule has 0 N–H and O–H groups in total. The molecule has 0 atom stereocenters. The summed E-state index contributed by atoms with van der Waals surface area (Å²) in [5.41, 5.74) is -1.88. The normalized spacial score (nSPS) is 10.7. The van der Waals surface area contributed by atoms with Gasteiger partial charge in [-0.1, -0.05) is 11.8 Å². The fourth-order valence-corrected chi connectivity index (χ4v) is 2.77. The van der Waals surface area contributed by atoms with Gasteiger partial charge in [0.25, 0.3) is 5.69 Å². The summed E-state index contributed by atoms with van der Waals surface area (Å²) in [5, 5.41) is 28.5. The highest BCUT2D eigenvalue weighted by Crippen LogP contribution is 2.37. The van der Waals surface area contributed by atoms with Crippen molar-refractivity contribution in [1.82, 2.24) is 0 Å². The molecule has 0 unspecified atom stereocenters. The van der Waals surface area contributed by atoms with Crippen molar-refractivity contribution in [3.05, 3.63) is 63.2 Å². The molecule has 0 aromatic heterocycles. The molecule has 0 saturated carbocycles. The molecule has 2 rings (SSSR count). The molecule has 24 heavy (non-hydrogen) atoms. The van der Waals surface area contributed by atoms with Crippen LogP contribution in [0.1, 0.15) is 16.7 Å². The number of nitrogens with zero attached hydrogens (tertiary/aromatic N) is 3. The number of hydrogen-bond donors (Lipinski definition) is 0. The molecule has 0 aliphatic rings. The van der Waals surface area contributed by atoms with E-state index in [1.54, 1.807) is 6.07 Å². The van der Waals surface area contributed by atoms with Crippen LogP contribution in [-0.2, 0) is 6.18 Å². The van der Waals surface area contributed by atoms with E-state index in [0.717, 1.165) is 36.0 Å². The topological polar surface area (TPSA) is 90.7 Å². The molecule has 0 radical (unpaired) electrons. The van der Waals surface area contributed by atoms with Gasteiger partial charge in [0, 0.05) is 21.9 Å². The minimum Gasteiger partial charge on any atom is -0.258 e. The Bertz CT molecular complexity index is 898. The molecule has 0 bridgehead atoms. The van der Waals surface area contributed by atoms with Crippen LogP contribution in [0, 0.1) is 32.8 Å². The molecule has 9 heteroatoms. The number of hydrogen-bond acceptors (Lipinski definition) is 5. The first-order valence-electron chi connectivity index (χ1n) is 6.24. The number of rotatable bonds is 3. The van der Waals surface area contributed by atoms with Crippen molar-refractivity contribution in [1.29, 1.82) is 10.5 Å². The van der Waals surface area contributed by atoms with Crippen LogP contribution in [0.25, 0.3) is 0 Å². The number of non-ortho nitro benzene ring substituents is 1. The van der Waals surface area contributed by atoms with Crippen molar-refractivity contribution >= 4 is 17.4 Å². The highest BCUT2D eigenvalue weighted by Gasteiger charge is 2.33. The van der Waals surface area contributed by atoms with Gasteiger partial charge in [-0.3, -0.25) is 10.1 Å². The van der Waals surface area contributed by atoms with Crippen molar-refractivity contribution in [3.63, 3.8) is 0 Å². The molecule has 0 saturated heterocycles. The maximum Gasteiger partial charge on any atom is 0.417 e. The largest absolute Gasteiger partial charge is 0.417 e. The van der Waals surface area contributed by atoms with Gasteiger partial charge >= 0.3 is 6.18 Å². The second-order valence-electron chi connectivity index (χ2n) is 4.47. The van der Waals surface area contributed by atoms with Crippen molar-refractivity contribution in [2.75, 3.05) is 0 Å². The molecular weight excluding hydrogens is 343 g/mol. The molecule has 120 valence electrons. The van der Waals surface area contributed by atoms with Gasteiger partial charge in [-0.2, -0.15) is 23.7 Å². The molecule has 5 nitrogen and oxygen atoms in total. The SMILES string of the molecule is N#Cc1cc([N+](=O)[O-])ccc1Sc1ccc(C#N)c(C(F)(F)F)c1. The fourth-order valence-electron chi connectivity index (χ4n) is 1.85. The first-order chi connectivity index (χ1) is 11.3. The maximum atomic E-state index is 13.0. The molecule has 0 fully saturated rings. The van der Waals surface area contributed by atoms with Crippen molar-refractivity contribution in [3.8, 4) is 12.1 Å². The standard InChI is InChI=1S/C15H6F3N3O2S/c16-15(17,18)13-6-12(3-1-9(13)7-19)24-14-4-2-11(21(22)23)5-10(14)8-20/h1-6H. The van der Waals surface area contributed by atoms with Crippen molar-refractivity contribution < 1.29 is 18.1 Å². The molecule has 0 aliphatic heterocycles. The van der Waals surface area contributed by atoms with Crippen LogP contribution in [0.3, 0.4) is 0 Å². The summed E-state index contributed by atoms with van der Waals surface area (Å²) in [6.45, 7) is 0. The Balaban J connectivity index is 2.44. The predicted octanol–water partition coefficient (Wildman–Crippen LogP) is 4.51. The van der Waals surface area contributed by atoms with E-state index in [-0.39, 0.29) is 21.0 Å². The first kappa shape index (κ1) is 17.3. The van der Waals surface area contributed by atoms with E-state index in [2.05, 4.69) is 0 Å². The fraction of sp³-hybridized carbons (Fsp3) is 0.0667. The lowest BCUT2D eigenvalue weighted by Gasteiger charge is -2.11. The second kappa shape index (κ2) is 6.60. The average Bonchev–Trinajstić information content (AvgIpc) is 2.54. The summed E-state index contributed by atoms with van der Waals surface area (Å²) in [5.74, 6) is 0. The summed E-state index contributed by atoms with van der Waals surface area (Å²) in [6, 6.07) is 9.95. The van der Waals surface area contributed by atoms with Gasteiger partial charge in [-0.15, -0.1) is 0 Å². The average molecular weight is 349 g/mol. The number of nitro groups is 1. The summed E-state index contributed by atoms with van der Waals surface area (Å²) < 4.78 is 38.9. The number of halogens is 3. The third-order valence-electron chi connectivity index (χ3n) is 2.94. The minimum absolute atomic E-state index is 0.0212. The Labute approximate surface area is 138 Å². The summed E-state index contributed by atoms with van der Waals surface area (Å²) in [4.78, 5) is 10.5. The lowest BCUT2D eigenvalue weighted by Crippen LogP contribution is -2.07. The van der Waals surface area contributed by atoms with Gasteiger partial charge in [0.2, 0.25) is 0 Å². The highest BCUT2D eigenvalue weighted by molar-refractivity contribution is 7.99. The molecule has 0 spiro atoms. The third kappa shape index (κ3) is 3.65. The van der Waals surface area contributed by atoms with Crippen molar-refractivity contribution in [2.24, 2.45) is 0 Å². The number of alkyl halides is 3. The molecule has 0 aliphatic carbocycles. The van der Waals surface area contributed by atoms with Gasteiger partial charge < -0.3 is 0 Å². The Morgan fingerprint density at radius 1 is 1.04 bits per heavy atom. The Morgan fingerprint density at radius 2 is 1.71 bits per heavy atom. The van der Waals surface area contributed by atoms with Crippen molar-refractivity contribution in [2.45, 2.75) is 16.0 Å². The van der Waals surface area contributed by atoms with Crippen LogP contribution in [0.5, 0.6) is 0 Å². The van der Waals surface area contributed by atoms with E-state index in [0.29, 0.717) is 0 Å². The van der Waals surface area contributed by atoms with E-state index in [9.17, 15) is 23.3 Å². The maximum absolute atomic E-state index is 13.0. The van der Waals surface area contributed by atoms with Gasteiger partial charge in [-0.05, 0) is 24.3 Å². The van der Waals surface area contributed by atoms with E-state index < -0.39 is 22.2 Å². The Kier molecular flexibility index (Phi) is 4.77. The van der Waals surface area contributed by atoms with Crippen LogP contribution >= 0.6 is 11.8 Å². The molecular formula is C15H6F3N3O2S. The zero-order valence-corrected chi connectivity index (χ0v) is 12.5. The summed E-state index contributed by atoms with van der Waals surface area (Å²) in [6.07, 6.45) is -4.69. The number of nitro benzene ring substituents is 1. The van der Waals surface area contributed by atoms with E-state index in [1.165, 1.54) is 18.2 Å². The smallest absolute Gasteiger partial charge is 0.258 e. The lowest BCUT2D eigenvalue weighted by molar-refractivity contribution is -0.384. The number of nitriles is 2. The predicted molar refractivity (Wildman–Crippen MR) is 78.1 cm³/mol. The van der Waals surface area contributed by atoms with Gasteiger partial charge in [0.05, 0.1) is 27.7 Å². The summed E-state index contributed by atoms with van der Waals surface area (Å²) in [7, 11) is 0. The van der Waals surface area contributed by atoms with E-state index in [1.807, 2.05) is 0 Å². The van der Waals surface area contributed by atoms with Gasteiger partial charge in [0.15, 0.2) is 0 Å². The van der Waals surface area contributed by atoms with Crippen LogP contribution in [0.4, 0.5) is 18.9 Å². The zero-order valence-electron chi connectivity index (χ0n) is 11.7. The molecule has 0 amide bonds. The second-order valence-corrected chi connectivity index (χ2v) is 5.58. The highest BCUT2D eigenvalue weighted by atomic mass is 32.2. The van der Waals surface area contributed by atoms with Crippen LogP contribution in [-0.4, -0.2) is 4.92 Å². The Hall–Kier alpha value is -3.04. The zero-order chi connectivity index (χ0) is 17.9. The van der Waals surface area contributed by atoms with E-state index in [4.69, 9.17) is 10.5 Å². The summed E-state index contributed by atoms with van der Waals surface area (Å²) >= 11 is 0.854. The van der Waals surface area contributed by atoms with Crippen LogP contribution in [0.15, 0.2) is 46.2 Å². The number of benzene rings is 2. The Morgan fingerprint density at radius 3 is 2.25 bits per heavy atom. The first-order valence-corrected chi connectivity index (χ1v) is 7.05. The van der Waals surface area contributed by atoms with Crippen LogP contribution in [0.2, 0.25) is 0 Å². The van der Waals surface area contributed by atoms with Crippen LogP contribution < -0.4 is 0 Å². The third-order valence-corrected chi connectivity index (χ3v) is 4.00. The minimum atomic E-state index is -4.69.